The maximum atomic E-state index is 12.1. The summed E-state index contributed by atoms with van der Waals surface area (Å²) >= 11 is 24.9. The fraction of sp³-hybridized carbons (Fsp3) is 0.600. The fourth-order valence-corrected chi connectivity index (χ4v) is 5.05. The molecule has 98 valence electrons. The minimum absolute atomic E-state index is 0.154. The van der Waals surface area contributed by atoms with Crippen LogP contribution in [-0.2, 0) is 14.4 Å². The Bertz CT molecular complexity index is 479. The number of fused-ring (bicyclic) bond motifs is 5. The average molecular weight is 331 g/mol. The van der Waals surface area contributed by atoms with Crippen LogP contribution in [0.1, 0.15) is 6.42 Å². The lowest BCUT2D eigenvalue weighted by Crippen LogP contribution is -2.38. The van der Waals surface area contributed by atoms with Gasteiger partial charge in [0, 0.05) is 0 Å². The van der Waals surface area contributed by atoms with E-state index in [-0.39, 0.29) is 16.5 Å². The van der Waals surface area contributed by atoms with Gasteiger partial charge in [-0.25, -0.2) is 0 Å². The topological polar surface area (TPSA) is 46.6 Å². The number of halogens is 4. The van der Waals surface area contributed by atoms with Gasteiger partial charge in [-0.05, 0) is 6.42 Å². The molecule has 0 N–H and O–H groups in total. The molecule has 1 heterocycles. The zero-order valence-corrected chi connectivity index (χ0v) is 12.1. The van der Waals surface area contributed by atoms with Crippen LogP contribution in [0.4, 0.5) is 0 Å². The van der Waals surface area contributed by atoms with Gasteiger partial charge in [0.15, 0.2) is 0 Å². The Morgan fingerprint density at radius 1 is 1.11 bits per heavy atom. The van der Waals surface area contributed by atoms with Crippen molar-refractivity contribution in [1.82, 2.24) is 5.06 Å². The number of alkyl halides is 2. The number of hydrogen-bond acceptors (Lipinski definition) is 3. The second-order valence-corrected chi connectivity index (χ2v) is 6.74. The molecule has 0 aromatic rings. The number of allylic oxidation sites excluding steroid dienone is 2. The summed E-state index contributed by atoms with van der Waals surface area (Å²) in [4.78, 5) is 26.6. The van der Waals surface area contributed by atoms with Crippen molar-refractivity contribution in [2.45, 2.75) is 16.2 Å². The molecule has 0 spiro atoms. The minimum atomic E-state index is -1.20. The Morgan fingerprint density at radius 3 is 1.83 bits per heavy atom. The quantitative estimate of drug-likeness (QED) is 0.547. The Hall–Kier alpha value is -0.000000000000000167. The molecule has 2 fully saturated rings. The zero-order valence-electron chi connectivity index (χ0n) is 9.05. The number of carbonyl (C=O) groups excluding carboxylic acids is 2. The molecule has 0 unspecified atom stereocenters. The molecule has 3 aliphatic rings. The van der Waals surface area contributed by atoms with Crippen molar-refractivity contribution in [3.05, 3.63) is 10.1 Å². The number of carbonyl (C=O) groups is 2. The van der Waals surface area contributed by atoms with E-state index in [9.17, 15) is 9.59 Å². The Kier molecular flexibility index (Phi) is 2.57. The van der Waals surface area contributed by atoms with Crippen molar-refractivity contribution in [2.24, 2.45) is 11.8 Å². The number of hydroxylamine groups is 2. The first-order chi connectivity index (χ1) is 8.29. The second kappa shape index (κ2) is 3.55. The standard InChI is InChI=1S/C10H7Cl4NO3/c1-18-15-7(16)3-4(8(15)17)10(14)2-9(3,13)5(11)6(10)12/h3-4H,2H2,1H3/t3-,4-,9-,10-/m1/s1. The van der Waals surface area contributed by atoms with Gasteiger partial charge < -0.3 is 0 Å². The third-order valence-corrected chi connectivity index (χ3v) is 6.33. The summed E-state index contributed by atoms with van der Waals surface area (Å²) in [6, 6.07) is 0. The Morgan fingerprint density at radius 2 is 1.50 bits per heavy atom. The summed E-state index contributed by atoms with van der Waals surface area (Å²) in [6.07, 6.45) is 0.172. The molecule has 0 aromatic heterocycles. The van der Waals surface area contributed by atoms with Crippen molar-refractivity contribution in [3.8, 4) is 0 Å². The monoisotopic (exact) mass is 329 g/mol. The van der Waals surface area contributed by atoms with Crippen LogP contribution in [-0.4, -0.2) is 33.7 Å². The molecule has 1 saturated heterocycles. The molecule has 4 nitrogen and oxygen atoms in total. The lowest BCUT2D eigenvalue weighted by Gasteiger charge is -2.28. The first-order valence-electron chi connectivity index (χ1n) is 5.15. The Balaban J connectivity index is 2.20. The number of nitrogens with zero attached hydrogens (tertiary/aromatic N) is 1. The molecule has 1 aliphatic heterocycles. The molecule has 3 rings (SSSR count). The van der Waals surface area contributed by atoms with Gasteiger partial charge in [-0.1, -0.05) is 23.2 Å². The smallest absolute Gasteiger partial charge is 0.259 e. The van der Waals surface area contributed by atoms with Gasteiger partial charge in [0.25, 0.3) is 11.8 Å². The summed E-state index contributed by atoms with van der Waals surface area (Å²) in [5.41, 5.74) is 0. The molecule has 1 saturated carbocycles. The third kappa shape index (κ3) is 1.15. The van der Waals surface area contributed by atoms with E-state index in [0.717, 1.165) is 0 Å². The van der Waals surface area contributed by atoms with Crippen molar-refractivity contribution in [1.29, 1.82) is 0 Å². The van der Waals surface area contributed by atoms with Gasteiger partial charge in [0.2, 0.25) is 0 Å². The van der Waals surface area contributed by atoms with E-state index in [1.807, 2.05) is 0 Å². The van der Waals surface area contributed by atoms with E-state index in [2.05, 4.69) is 0 Å². The first-order valence-corrected chi connectivity index (χ1v) is 6.66. The number of amides is 2. The highest BCUT2D eigenvalue weighted by Gasteiger charge is 2.76. The van der Waals surface area contributed by atoms with Crippen LogP contribution in [0.5, 0.6) is 0 Å². The van der Waals surface area contributed by atoms with E-state index < -0.39 is 33.4 Å². The molecule has 8 heteroatoms. The van der Waals surface area contributed by atoms with E-state index in [1.54, 1.807) is 0 Å². The molecular weight excluding hydrogens is 324 g/mol. The first kappa shape index (κ1) is 13.0. The predicted octanol–water partition coefficient (Wildman–Crippen LogP) is 2.21. The van der Waals surface area contributed by atoms with Crippen LogP contribution in [0, 0.1) is 11.8 Å². The number of hydrogen-bond donors (Lipinski definition) is 0. The van der Waals surface area contributed by atoms with Crippen molar-refractivity contribution in [2.75, 3.05) is 7.11 Å². The van der Waals surface area contributed by atoms with Crippen LogP contribution in [0.15, 0.2) is 10.1 Å². The summed E-state index contributed by atoms with van der Waals surface area (Å²) < 4.78 is 0. The van der Waals surface area contributed by atoms with Gasteiger partial charge in [0.1, 0.15) is 0 Å². The maximum Gasteiger partial charge on any atom is 0.259 e. The molecule has 18 heavy (non-hydrogen) atoms. The highest BCUT2D eigenvalue weighted by Crippen LogP contribution is 2.69. The number of rotatable bonds is 1. The zero-order chi connectivity index (χ0) is 13.5. The van der Waals surface area contributed by atoms with Crippen LogP contribution >= 0.6 is 46.4 Å². The largest absolute Gasteiger partial charge is 0.272 e. The molecule has 0 radical (unpaired) electrons. The average Bonchev–Trinajstić information content (AvgIpc) is 2.78. The maximum absolute atomic E-state index is 12.1. The van der Waals surface area contributed by atoms with E-state index in [1.165, 1.54) is 7.11 Å². The molecular formula is C10H7Cl4NO3. The summed E-state index contributed by atoms with van der Waals surface area (Å²) in [5.74, 6) is -2.68. The molecule has 4 atom stereocenters. The summed E-state index contributed by atoms with van der Waals surface area (Å²) in [6.45, 7) is 0. The van der Waals surface area contributed by atoms with E-state index in [4.69, 9.17) is 51.2 Å². The van der Waals surface area contributed by atoms with Gasteiger partial charge in [-0.2, -0.15) is 5.06 Å². The van der Waals surface area contributed by atoms with Crippen LogP contribution < -0.4 is 0 Å². The van der Waals surface area contributed by atoms with E-state index >= 15 is 0 Å². The lowest BCUT2D eigenvalue weighted by atomic mass is 9.84. The highest BCUT2D eigenvalue weighted by molar-refractivity contribution is 6.52. The highest BCUT2D eigenvalue weighted by atomic mass is 35.5. The summed E-state index contributed by atoms with van der Waals surface area (Å²) in [7, 11) is 1.23. The second-order valence-electron chi connectivity index (χ2n) is 4.64. The van der Waals surface area contributed by atoms with Gasteiger partial charge in [-0.15, -0.1) is 23.2 Å². The van der Waals surface area contributed by atoms with Crippen LogP contribution in [0.25, 0.3) is 0 Å². The van der Waals surface area contributed by atoms with Crippen molar-refractivity contribution >= 4 is 58.2 Å². The van der Waals surface area contributed by atoms with Crippen molar-refractivity contribution in [3.63, 3.8) is 0 Å². The fourth-order valence-electron chi connectivity index (χ4n) is 3.13. The number of imide groups is 1. The molecule has 2 aliphatic carbocycles. The molecule has 2 bridgehead atoms. The SMILES string of the molecule is CON1C(=O)[C@H]2[C@H](C1=O)[C@]1(Cl)C[C@]2(Cl)C(Cl)=C1Cl. The third-order valence-electron chi connectivity index (χ3n) is 3.87. The normalized spacial score (nSPS) is 46.4. The van der Waals surface area contributed by atoms with E-state index in [0.29, 0.717) is 5.06 Å². The molecule has 0 aromatic carbocycles. The molecule has 2 amide bonds. The summed E-state index contributed by atoms with van der Waals surface area (Å²) in [5, 5.41) is 0.991. The van der Waals surface area contributed by atoms with Crippen LogP contribution in [0.2, 0.25) is 0 Å². The predicted molar refractivity (Wildman–Crippen MR) is 66.4 cm³/mol. The van der Waals surface area contributed by atoms with Gasteiger partial charge in [-0.3, -0.25) is 14.4 Å². The van der Waals surface area contributed by atoms with Gasteiger partial charge >= 0.3 is 0 Å². The Labute approximate surface area is 123 Å². The minimum Gasteiger partial charge on any atom is -0.272 e. The van der Waals surface area contributed by atoms with Gasteiger partial charge in [0.05, 0.1) is 38.8 Å². The lowest BCUT2D eigenvalue weighted by molar-refractivity contribution is -0.181. The van der Waals surface area contributed by atoms with Crippen LogP contribution in [0.3, 0.4) is 0 Å². The van der Waals surface area contributed by atoms with Crippen molar-refractivity contribution < 1.29 is 14.4 Å².